The summed E-state index contributed by atoms with van der Waals surface area (Å²) < 4.78 is 25.3. The summed E-state index contributed by atoms with van der Waals surface area (Å²) in [5.74, 6) is 2.19. The molecule has 0 aliphatic carbocycles. The third-order valence-corrected chi connectivity index (χ3v) is 6.68. The average molecular weight is 510 g/mol. The summed E-state index contributed by atoms with van der Waals surface area (Å²) in [5, 5.41) is 15.7. The van der Waals surface area contributed by atoms with Crippen LogP contribution in [0.5, 0.6) is 17.2 Å². The Hall–Kier alpha value is -3.07. The lowest BCUT2D eigenvalue weighted by Gasteiger charge is -2.31. The van der Waals surface area contributed by atoms with Gasteiger partial charge in [0.15, 0.2) is 11.5 Å². The number of hydrogen-bond acceptors (Lipinski definition) is 7. The van der Waals surface area contributed by atoms with Crippen molar-refractivity contribution in [3.05, 3.63) is 70.5 Å². The van der Waals surface area contributed by atoms with Gasteiger partial charge >= 0.3 is 0 Å². The van der Waals surface area contributed by atoms with Crippen molar-refractivity contribution in [2.45, 2.75) is 46.4 Å². The van der Waals surface area contributed by atoms with Gasteiger partial charge in [-0.25, -0.2) is 0 Å². The molecule has 1 aliphatic rings. The van der Waals surface area contributed by atoms with Crippen LogP contribution in [0, 0.1) is 27.7 Å². The Balaban J connectivity index is 1.37. The minimum Gasteiger partial charge on any atom is -0.493 e. The average Bonchev–Trinajstić information content (AvgIpc) is 3.19. The Morgan fingerprint density at radius 2 is 1.86 bits per heavy atom. The van der Waals surface area contributed by atoms with Gasteiger partial charge in [-0.05, 0) is 73.7 Å². The van der Waals surface area contributed by atoms with Crippen LogP contribution in [-0.4, -0.2) is 72.0 Å². The summed E-state index contributed by atoms with van der Waals surface area (Å²) in [5.41, 5.74) is 4.50. The van der Waals surface area contributed by atoms with Gasteiger partial charge in [0.1, 0.15) is 24.6 Å². The Morgan fingerprint density at radius 3 is 2.62 bits per heavy atom. The molecule has 37 heavy (non-hydrogen) atoms. The van der Waals surface area contributed by atoms with Gasteiger partial charge in [0.05, 0.1) is 33.1 Å². The summed E-state index contributed by atoms with van der Waals surface area (Å²) in [6.45, 7) is 12.1. The van der Waals surface area contributed by atoms with Gasteiger partial charge in [0, 0.05) is 25.8 Å². The maximum Gasteiger partial charge on any atom is 0.161 e. The molecular formula is C29H39N3O5. The van der Waals surface area contributed by atoms with Crippen molar-refractivity contribution in [3.63, 3.8) is 0 Å². The molecule has 3 aromatic rings. The third-order valence-electron chi connectivity index (χ3n) is 6.68. The molecule has 1 atom stereocenters. The Kier molecular flexibility index (Phi) is 8.74. The van der Waals surface area contributed by atoms with Crippen LogP contribution in [-0.2, 0) is 17.8 Å². The maximum atomic E-state index is 11.4. The van der Waals surface area contributed by atoms with Crippen molar-refractivity contribution >= 4 is 0 Å². The van der Waals surface area contributed by atoms with Crippen molar-refractivity contribution in [2.75, 3.05) is 46.6 Å². The molecule has 0 radical (unpaired) electrons. The molecule has 0 bridgehead atoms. The lowest BCUT2D eigenvalue weighted by Crippen LogP contribution is -2.48. The molecule has 1 N–H and O–H groups in total. The van der Waals surface area contributed by atoms with Crippen LogP contribution in [0.25, 0.3) is 0 Å². The van der Waals surface area contributed by atoms with Crippen LogP contribution < -0.4 is 14.2 Å². The largest absolute Gasteiger partial charge is 0.493 e. The number of ether oxygens (including phenoxy) is 4. The number of aromatic nitrogens is 2. The molecule has 2 heterocycles. The lowest BCUT2D eigenvalue weighted by molar-refractivity contribution is -0.0648. The summed E-state index contributed by atoms with van der Waals surface area (Å²) >= 11 is 0. The third kappa shape index (κ3) is 7.25. The van der Waals surface area contributed by atoms with Crippen LogP contribution in [0.15, 0.2) is 42.7 Å². The summed E-state index contributed by atoms with van der Waals surface area (Å²) in [6.07, 6.45) is 3.82. The highest BCUT2D eigenvalue weighted by molar-refractivity contribution is 5.43. The normalized spacial score (nSPS) is 18.4. The predicted molar refractivity (Wildman–Crippen MR) is 143 cm³/mol. The van der Waals surface area contributed by atoms with E-state index in [1.54, 1.807) is 7.11 Å². The van der Waals surface area contributed by atoms with Crippen molar-refractivity contribution in [1.82, 2.24) is 14.7 Å². The number of aryl methyl sites for hydroxylation is 3. The molecule has 4 rings (SSSR count). The van der Waals surface area contributed by atoms with E-state index in [2.05, 4.69) is 29.9 Å². The topological polar surface area (TPSA) is 78.2 Å². The van der Waals surface area contributed by atoms with Crippen LogP contribution in [0.1, 0.15) is 27.8 Å². The van der Waals surface area contributed by atoms with E-state index in [1.165, 1.54) is 5.56 Å². The first-order chi connectivity index (χ1) is 17.7. The Morgan fingerprint density at radius 1 is 1.03 bits per heavy atom. The molecule has 1 fully saturated rings. The van der Waals surface area contributed by atoms with Gasteiger partial charge < -0.3 is 24.1 Å². The lowest BCUT2D eigenvalue weighted by atomic mass is 10.0. The number of methoxy groups -OCH3 is 1. The van der Waals surface area contributed by atoms with E-state index in [0.717, 1.165) is 34.5 Å². The van der Waals surface area contributed by atoms with Crippen molar-refractivity contribution in [2.24, 2.45) is 0 Å². The van der Waals surface area contributed by atoms with E-state index >= 15 is 0 Å². The number of rotatable bonds is 10. The van der Waals surface area contributed by atoms with E-state index in [0.29, 0.717) is 44.3 Å². The van der Waals surface area contributed by atoms with Crippen LogP contribution in [0.2, 0.25) is 0 Å². The molecule has 2 aromatic carbocycles. The Bertz CT molecular complexity index is 1190. The molecule has 1 aliphatic heterocycles. The zero-order valence-electron chi connectivity index (χ0n) is 22.6. The smallest absolute Gasteiger partial charge is 0.161 e. The van der Waals surface area contributed by atoms with Gasteiger partial charge in [-0.1, -0.05) is 12.1 Å². The van der Waals surface area contributed by atoms with E-state index in [1.807, 2.05) is 55.2 Å². The monoisotopic (exact) mass is 509 g/mol. The SMILES string of the molecule is COc1cc(CN2CCOC[C@](O)(COc3cc(C)cc(C)c3C)C2)ccc1OCCn1cc(C)cn1. The molecule has 0 amide bonds. The first kappa shape index (κ1) is 27.0. The highest BCUT2D eigenvalue weighted by atomic mass is 16.5. The van der Waals surface area contributed by atoms with Crippen molar-refractivity contribution in [3.8, 4) is 17.2 Å². The molecule has 0 saturated carbocycles. The molecule has 0 spiro atoms. The first-order valence-electron chi connectivity index (χ1n) is 12.8. The molecule has 1 aromatic heterocycles. The van der Waals surface area contributed by atoms with E-state index < -0.39 is 5.60 Å². The van der Waals surface area contributed by atoms with Gasteiger partial charge in [0.2, 0.25) is 0 Å². The molecule has 8 nitrogen and oxygen atoms in total. The zero-order chi connectivity index (χ0) is 26.4. The van der Waals surface area contributed by atoms with Gasteiger partial charge in [0.25, 0.3) is 0 Å². The van der Waals surface area contributed by atoms with Gasteiger partial charge in [-0.15, -0.1) is 0 Å². The van der Waals surface area contributed by atoms with Gasteiger partial charge in [-0.2, -0.15) is 5.10 Å². The zero-order valence-corrected chi connectivity index (χ0v) is 22.6. The predicted octanol–water partition coefficient (Wildman–Crippen LogP) is 3.85. The minimum atomic E-state index is -1.11. The fourth-order valence-electron chi connectivity index (χ4n) is 4.61. The highest BCUT2D eigenvalue weighted by Gasteiger charge is 2.34. The first-order valence-corrected chi connectivity index (χ1v) is 12.8. The van der Waals surface area contributed by atoms with Gasteiger partial charge in [-0.3, -0.25) is 9.58 Å². The van der Waals surface area contributed by atoms with Crippen LogP contribution in [0.4, 0.5) is 0 Å². The number of nitrogens with zero attached hydrogens (tertiary/aromatic N) is 3. The number of benzene rings is 2. The second-order valence-electron chi connectivity index (χ2n) is 10.1. The van der Waals surface area contributed by atoms with Crippen LogP contribution >= 0.6 is 0 Å². The van der Waals surface area contributed by atoms with Crippen molar-refractivity contribution < 1.29 is 24.1 Å². The van der Waals surface area contributed by atoms with Crippen molar-refractivity contribution in [1.29, 1.82) is 0 Å². The highest BCUT2D eigenvalue weighted by Crippen LogP contribution is 2.29. The molecule has 0 unspecified atom stereocenters. The summed E-state index contributed by atoms with van der Waals surface area (Å²) in [7, 11) is 1.65. The quantitative estimate of drug-likeness (QED) is 0.445. The molecule has 200 valence electrons. The fraction of sp³-hybridized carbons (Fsp3) is 0.483. The van der Waals surface area contributed by atoms with E-state index in [4.69, 9.17) is 18.9 Å². The minimum absolute atomic E-state index is 0.166. The Labute approximate surface area is 219 Å². The van der Waals surface area contributed by atoms with Crippen LogP contribution in [0.3, 0.4) is 0 Å². The number of hydrogen-bond donors (Lipinski definition) is 1. The number of aliphatic hydroxyl groups is 1. The fourth-order valence-corrected chi connectivity index (χ4v) is 4.61. The summed E-state index contributed by atoms with van der Waals surface area (Å²) in [6, 6.07) is 10.1. The standard InChI is InChI=1S/C29H39N3O5/c1-21-12-23(3)24(4)27(13-21)37-20-29(33)18-31(8-10-35-19-29)17-25-6-7-26(28(14-25)34-5)36-11-9-32-16-22(2)15-30-32/h6-7,12-16,33H,8-11,17-20H2,1-5H3/t29-/m0/s1. The second kappa shape index (κ2) is 12.0. The second-order valence-corrected chi connectivity index (χ2v) is 10.1. The molecule has 1 saturated heterocycles. The van der Waals surface area contributed by atoms with E-state index in [9.17, 15) is 5.11 Å². The molecule has 8 heteroatoms. The maximum absolute atomic E-state index is 11.4. The summed E-state index contributed by atoms with van der Waals surface area (Å²) in [4.78, 5) is 2.19. The van der Waals surface area contributed by atoms with E-state index in [-0.39, 0.29) is 13.2 Å². The number of β-amino-alcohol motifs (C(OH)–C–C–N with tert-alkyl or cyclic N) is 1. The molecular weight excluding hydrogens is 470 g/mol.